The van der Waals surface area contributed by atoms with Gasteiger partial charge in [-0.25, -0.2) is 0 Å². The number of aliphatic hydroxyl groups excluding tert-OH is 1. The number of rotatable bonds is 5. The predicted molar refractivity (Wildman–Crippen MR) is 64.0 cm³/mol. The lowest BCUT2D eigenvalue weighted by Gasteiger charge is -2.19. The molecule has 15 heavy (non-hydrogen) atoms. The van der Waals surface area contributed by atoms with Crippen molar-refractivity contribution in [3.8, 4) is 0 Å². The smallest absolute Gasteiger partial charge is 0.118 e. The van der Waals surface area contributed by atoms with Gasteiger partial charge in [-0.15, -0.1) is 11.8 Å². The molecule has 3 atom stereocenters. The number of nitrogens with two attached hydrogens (primary N) is 1. The Morgan fingerprint density at radius 3 is 2.53 bits per heavy atom. The summed E-state index contributed by atoms with van der Waals surface area (Å²) in [7, 11) is 0. The standard InChI is InChI=1S/C11H19NO2S/c1-7-4-5-10(14-7)11(6-12)15-9(3)8(2)13/h4-5,8-9,11,13H,6,12H2,1-3H3. The van der Waals surface area contributed by atoms with E-state index in [9.17, 15) is 5.11 Å². The lowest BCUT2D eigenvalue weighted by Crippen LogP contribution is -2.19. The molecule has 3 unspecified atom stereocenters. The fourth-order valence-corrected chi connectivity index (χ4v) is 2.36. The maximum atomic E-state index is 9.43. The number of furan rings is 1. The van der Waals surface area contributed by atoms with Crippen LogP contribution < -0.4 is 5.73 Å². The van der Waals surface area contributed by atoms with Crippen molar-refractivity contribution < 1.29 is 9.52 Å². The van der Waals surface area contributed by atoms with Crippen molar-refractivity contribution in [1.29, 1.82) is 0 Å². The molecule has 3 N–H and O–H groups in total. The number of hydrogen-bond donors (Lipinski definition) is 2. The van der Waals surface area contributed by atoms with E-state index < -0.39 is 0 Å². The molecule has 3 nitrogen and oxygen atoms in total. The van der Waals surface area contributed by atoms with Crippen LogP contribution >= 0.6 is 11.8 Å². The van der Waals surface area contributed by atoms with Crippen LogP contribution in [0.3, 0.4) is 0 Å². The Morgan fingerprint density at radius 2 is 2.13 bits per heavy atom. The van der Waals surface area contributed by atoms with Gasteiger partial charge in [-0.2, -0.15) is 0 Å². The van der Waals surface area contributed by atoms with Gasteiger partial charge in [0.2, 0.25) is 0 Å². The Bertz CT molecular complexity index is 299. The molecule has 86 valence electrons. The summed E-state index contributed by atoms with van der Waals surface area (Å²) in [6, 6.07) is 3.89. The summed E-state index contributed by atoms with van der Waals surface area (Å²) in [6.07, 6.45) is -0.333. The lowest BCUT2D eigenvalue weighted by molar-refractivity contribution is 0.196. The van der Waals surface area contributed by atoms with Gasteiger partial charge < -0.3 is 15.3 Å². The van der Waals surface area contributed by atoms with Crippen LogP contribution in [0.15, 0.2) is 16.5 Å². The van der Waals surface area contributed by atoms with Gasteiger partial charge in [-0.05, 0) is 26.0 Å². The molecule has 4 heteroatoms. The van der Waals surface area contributed by atoms with E-state index in [1.807, 2.05) is 26.0 Å². The Morgan fingerprint density at radius 1 is 1.47 bits per heavy atom. The van der Waals surface area contributed by atoms with E-state index in [1.54, 1.807) is 18.7 Å². The Kier molecular flexibility index (Phi) is 4.70. The fraction of sp³-hybridized carbons (Fsp3) is 0.636. The normalized spacial score (nSPS) is 17.4. The maximum Gasteiger partial charge on any atom is 0.118 e. The average Bonchev–Trinajstić information content (AvgIpc) is 2.60. The van der Waals surface area contributed by atoms with E-state index in [0.717, 1.165) is 11.5 Å². The van der Waals surface area contributed by atoms with E-state index in [0.29, 0.717) is 6.54 Å². The molecule has 0 aliphatic rings. The quantitative estimate of drug-likeness (QED) is 0.811. The van der Waals surface area contributed by atoms with Crippen LogP contribution in [0, 0.1) is 6.92 Å². The summed E-state index contributed by atoms with van der Waals surface area (Å²) >= 11 is 1.65. The summed E-state index contributed by atoms with van der Waals surface area (Å²) in [5, 5.41) is 9.71. The lowest BCUT2D eigenvalue weighted by atomic mass is 10.3. The molecule has 0 saturated heterocycles. The van der Waals surface area contributed by atoms with Crippen molar-refractivity contribution in [3.63, 3.8) is 0 Å². The van der Waals surface area contributed by atoms with Gasteiger partial charge >= 0.3 is 0 Å². The molecule has 0 amide bonds. The van der Waals surface area contributed by atoms with E-state index in [1.165, 1.54) is 0 Å². The zero-order valence-electron chi connectivity index (χ0n) is 9.43. The van der Waals surface area contributed by atoms with Crippen molar-refractivity contribution in [3.05, 3.63) is 23.7 Å². The van der Waals surface area contributed by atoms with Gasteiger partial charge in [0.25, 0.3) is 0 Å². The minimum absolute atomic E-state index is 0.128. The highest BCUT2D eigenvalue weighted by Crippen LogP contribution is 2.33. The monoisotopic (exact) mass is 229 g/mol. The highest BCUT2D eigenvalue weighted by atomic mass is 32.2. The fourth-order valence-electron chi connectivity index (χ4n) is 1.24. The van der Waals surface area contributed by atoms with Crippen LogP contribution in [0.1, 0.15) is 30.6 Å². The van der Waals surface area contributed by atoms with Gasteiger partial charge in [0.15, 0.2) is 0 Å². The molecule has 0 aliphatic heterocycles. The molecule has 0 bridgehead atoms. The third kappa shape index (κ3) is 3.55. The van der Waals surface area contributed by atoms with Crippen molar-refractivity contribution in [2.45, 2.75) is 37.4 Å². The Labute approximate surface area is 95.0 Å². The summed E-state index contributed by atoms with van der Waals surface area (Å²) < 4.78 is 5.53. The van der Waals surface area contributed by atoms with Gasteiger partial charge in [-0.1, -0.05) is 6.92 Å². The molecule has 1 rings (SSSR count). The minimum Gasteiger partial charge on any atom is -0.465 e. The van der Waals surface area contributed by atoms with Crippen LogP contribution in [0.4, 0.5) is 0 Å². The Balaban J connectivity index is 2.64. The van der Waals surface area contributed by atoms with Crippen LogP contribution in [-0.2, 0) is 0 Å². The number of aryl methyl sites for hydroxylation is 1. The molecule has 0 radical (unpaired) electrons. The molecular weight excluding hydrogens is 210 g/mol. The van der Waals surface area contributed by atoms with E-state index in [2.05, 4.69) is 0 Å². The highest BCUT2D eigenvalue weighted by Gasteiger charge is 2.19. The average molecular weight is 229 g/mol. The zero-order valence-corrected chi connectivity index (χ0v) is 10.3. The van der Waals surface area contributed by atoms with Crippen molar-refractivity contribution in [1.82, 2.24) is 0 Å². The molecular formula is C11H19NO2S. The molecule has 0 spiro atoms. The second kappa shape index (κ2) is 5.58. The molecule has 0 fully saturated rings. The predicted octanol–water partition coefficient (Wildman–Crippen LogP) is 2.09. The summed E-state index contributed by atoms with van der Waals surface area (Å²) in [6.45, 7) is 6.22. The van der Waals surface area contributed by atoms with Crippen LogP contribution in [0.5, 0.6) is 0 Å². The van der Waals surface area contributed by atoms with Gasteiger partial charge in [0.1, 0.15) is 11.5 Å². The van der Waals surface area contributed by atoms with Crippen molar-refractivity contribution >= 4 is 11.8 Å². The summed E-state index contributed by atoms with van der Waals surface area (Å²) in [5.74, 6) is 1.79. The summed E-state index contributed by atoms with van der Waals surface area (Å²) in [5.41, 5.74) is 5.70. The number of aliphatic hydroxyl groups is 1. The SMILES string of the molecule is Cc1ccc(C(CN)SC(C)C(C)O)o1. The molecule has 0 saturated carbocycles. The molecule has 0 aliphatic carbocycles. The van der Waals surface area contributed by atoms with Crippen LogP contribution in [-0.4, -0.2) is 23.0 Å². The van der Waals surface area contributed by atoms with Crippen LogP contribution in [0.2, 0.25) is 0 Å². The molecule has 1 aromatic heterocycles. The van der Waals surface area contributed by atoms with E-state index >= 15 is 0 Å². The van der Waals surface area contributed by atoms with E-state index in [-0.39, 0.29) is 16.6 Å². The second-order valence-corrected chi connectivity index (χ2v) is 5.34. The third-order valence-corrected chi connectivity index (χ3v) is 3.93. The maximum absolute atomic E-state index is 9.43. The van der Waals surface area contributed by atoms with Gasteiger partial charge in [-0.3, -0.25) is 0 Å². The highest BCUT2D eigenvalue weighted by molar-refractivity contribution is 8.00. The largest absolute Gasteiger partial charge is 0.465 e. The van der Waals surface area contributed by atoms with Gasteiger partial charge in [0.05, 0.1) is 11.4 Å². The minimum atomic E-state index is -0.333. The van der Waals surface area contributed by atoms with E-state index in [4.69, 9.17) is 10.2 Å². The third-order valence-electron chi connectivity index (χ3n) is 2.35. The Hall–Kier alpha value is -0.450. The number of thioether (sulfide) groups is 1. The van der Waals surface area contributed by atoms with Crippen molar-refractivity contribution in [2.24, 2.45) is 5.73 Å². The first-order valence-electron chi connectivity index (χ1n) is 5.14. The summed E-state index contributed by atoms with van der Waals surface area (Å²) in [4.78, 5) is 0. The first kappa shape index (κ1) is 12.6. The zero-order chi connectivity index (χ0) is 11.4. The molecule has 1 aromatic rings. The van der Waals surface area contributed by atoms with Gasteiger partial charge in [0, 0.05) is 11.8 Å². The van der Waals surface area contributed by atoms with Crippen LogP contribution in [0.25, 0.3) is 0 Å². The number of hydrogen-bond acceptors (Lipinski definition) is 4. The first-order chi connectivity index (χ1) is 7.04. The molecule has 0 aromatic carbocycles. The van der Waals surface area contributed by atoms with Crippen molar-refractivity contribution in [2.75, 3.05) is 6.54 Å². The molecule has 1 heterocycles. The topological polar surface area (TPSA) is 59.4 Å². The second-order valence-electron chi connectivity index (χ2n) is 3.75. The first-order valence-corrected chi connectivity index (χ1v) is 6.08.